The van der Waals surface area contributed by atoms with Crippen molar-refractivity contribution >= 4 is 17.7 Å². The lowest BCUT2D eigenvalue weighted by Gasteiger charge is -2.28. The summed E-state index contributed by atoms with van der Waals surface area (Å²) in [5.41, 5.74) is 5.04. The minimum Gasteiger partial charge on any atom is -0.480 e. The van der Waals surface area contributed by atoms with Gasteiger partial charge < -0.3 is 9.84 Å². The van der Waals surface area contributed by atoms with Crippen LogP contribution in [-0.2, 0) is 9.53 Å². The molecule has 0 bridgehead atoms. The Kier molecular flexibility index (Phi) is 6.03. The van der Waals surface area contributed by atoms with Crippen LogP contribution in [0, 0.1) is 0 Å². The molecule has 0 fully saturated rings. The highest BCUT2D eigenvalue weighted by atomic mass is 16.6. The Morgan fingerprint density at radius 1 is 0.903 bits per heavy atom. The number of hydrogen-bond donors (Lipinski definition) is 1. The van der Waals surface area contributed by atoms with Gasteiger partial charge in [0.05, 0.1) is 0 Å². The van der Waals surface area contributed by atoms with Gasteiger partial charge in [0, 0.05) is 11.6 Å². The molecule has 0 unspecified atom stereocenters. The highest BCUT2D eigenvalue weighted by Gasteiger charge is 2.34. The number of ether oxygens (including phenoxy) is 1. The van der Waals surface area contributed by atoms with Crippen molar-refractivity contribution in [2.45, 2.75) is 31.7 Å². The summed E-state index contributed by atoms with van der Waals surface area (Å²) in [6.45, 7) is 2.05. The molecule has 1 aliphatic rings. The molecule has 0 spiro atoms. The van der Waals surface area contributed by atoms with E-state index in [1.54, 1.807) is 24.3 Å². The van der Waals surface area contributed by atoms with E-state index in [2.05, 4.69) is 24.3 Å². The van der Waals surface area contributed by atoms with Crippen LogP contribution in [0.25, 0.3) is 11.1 Å². The third-order valence-electron chi connectivity index (χ3n) is 5.73. The third kappa shape index (κ3) is 4.04. The van der Waals surface area contributed by atoms with Gasteiger partial charge in [0.15, 0.2) is 0 Å². The molecular weight excluding hydrogens is 390 g/mol. The van der Waals surface area contributed by atoms with Crippen molar-refractivity contribution in [2.24, 2.45) is 0 Å². The van der Waals surface area contributed by atoms with Crippen molar-refractivity contribution < 1.29 is 19.4 Å². The number of fused-ring (bicyclic) bond motifs is 3. The Morgan fingerprint density at radius 3 is 2.00 bits per heavy atom. The quantitative estimate of drug-likeness (QED) is 0.538. The van der Waals surface area contributed by atoms with Crippen LogP contribution in [0.5, 0.6) is 0 Å². The fourth-order valence-electron chi connectivity index (χ4n) is 4.30. The van der Waals surface area contributed by atoms with Crippen molar-refractivity contribution in [3.63, 3.8) is 0 Å². The normalized spacial score (nSPS) is 13.2. The molecule has 4 rings (SSSR count). The number of rotatable bonds is 7. The number of aliphatic carboxylic acids is 1. The Balaban J connectivity index is 1.61. The van der Waals surface area contributed by atoms with Crippen molar-refractivity contribution in [2.75, 3.05) is 11.5 Å². The predicted molar refractivity (Wildman–Crippen MR) is 120 cm³/mol. The zero-order valence-corrected chi connectivity index (χ0v) is 17.4. The van der Waals surface area contributed by atoms with Gasteiger partial charge in [-0.3, -0.25) is 4.90 Å². The molecule has 0 radical (unpaired) electrons. The van der Waals surface area contributed by atoms with E-state index >= 15 is 0 Å². The molecule has 31 heavy (non-hydrogen) atoms. The zero-order valence-electron chi connectivity index (χ0n) is 17.4. The molecule has 0 aromatic heterocycles. The number of hydrogen-bond acceptors (Lipinski definition) is 3. The summed E-state index contributed by atoms with van der Waals surface area (Å²) >= 11 is 0. The molecule has 5 heteroatoms. The van der Waals surface area contributed by atoms with Crippen LogP contribution >= 0.6 is 0 Å². The van der Waals surface area contributed by atoms with Crippen LogP contribution in [0.15, 0.2) is 78.9 Å². The molecule has 158 valence electrons. The first-order valence-corrected chi connectivity index (χ1v) is 10.5. The minimum absolute atomic E-state index is 0.0802. The number of carbonyl (C=O) groups excluding carboxylic acids is 1. The van der Waals surface area contributed by atoms with Gasteiger partial charge in [0.1, 0.15) is 12.6 Å². The summed E-state index contributed by atoms with van der Waals surface area (Å²) in [5.74, 6) is -1.12. The van der Waals surface area contributed by atoms with Gasteiger partial charge in [-0.15, -0.1) is 0 Å². The molecule has 0 saturated heterocycles. The van der Waals surface area contributed by atoms with Gasteiger partial charge in [-0.25, -0.2) is 9.59 Å². The number of para-hydroxylation sites is 1. The van der Waals surface area contributed by atoms with Gasteiger partial charge in [0.25, 0.3) is 0 Å². The van der Waals surface area contributed by atoms with Crippen molar-refractivity contribution in [3.05, 3.63) is 90.0 Å². The zero-order chi connectivity index (χ0) is 21.8. The number of carboxylic acid groups (broad SMARTS) is 1. The van der Waals surface area contributed by atoms with E-state index in [0.717, 1.165) is 22.3 Å². The number of carboxylic acids is 1. The van der Waals surface area contributed by atoms with Crippen molar-refractivity contribution in [1.82, 2.24) is 0 Å². The lowest BCUT2D eigenvalue weighted by Crippen LogP contribution is -2.46. The van der Waals surface area contributed by atoms with Crippen LogP contribution in [0.2, 0.25) is 0 Å². The number of nitrogens with zero attached hydrogens (tertiary/aromatic N) is 1. The molecule has 1 N–H and O–H groups in total. The molecule has 3 aromatic rings. The van der Waals surface area contributed by atoms with E-state index in [4.69, 9.17) is 4.74 Å². The molecule has 5 nitrogen and oxygen atoms in total. The highest BCUT2D eigenvalue weighted by Crippen LogP contribution is 2.44. The van der Waals surface area contributed by atoms with Gasteiger partial charge in [-0.05, 0) is 40.8 Å². The fraction of sp³-hybridized carbons (Fsp3) is 0.231. The average Bonchev–Trinajstić information content (AvgIpc) is 3.12. The summed E-state index contributed by atoms with van der Waals surface area (Å²) in [6.07, 6.45) is 0.333. The van der Waals surface area contributed by atoms with Crippen LogP contribution in [0.4, 0.5) is 10.5 Å². The Morgan fingerprint density at radius 2 is 1.45 bits per heavy atom. The lowest BCUT2D eigenvalue weighted by atomic mass is 9.98. The summed E-state index contributed by atoms with van der Waals surface area (Å²) in [5, 5.41) is 9.78. The van der Waals surface area contributed by atoms with Crippen LogP contribution in [0.3, 0.4) is 0 Å². The van der Waals surface area contributed by atoms with E-state index in [0.29, 0.717) is 18.5 Å². The molecule has 1 amide bonds. The summed E-state index contributed by atoms with van der Waals surface area (Å²) in [7, 11) is 0. The Labute approximate surface area is 181 Å². The Bertz CT molecular complexity index is 1030. The first-order valence-electron chi connectivity index (χ1n) is 10.5. The Hall–Kier alpha value is -3.60. The maximum absolute atomic E-state index is 13.2. The van der Waals surface area contributed by atoms with Gasteiger partial charge >= 0.3 is 12.1 Å². The summed E-state index contributed by atoms with van der Waals surface area (Å²) in [4.78, 5) is 26.4. The molecule has 0 heterocycles. The molecule has 0 saturated carbocycles. The number of anilines is 1. The number of carbonyl (C=O) groups is 2. The number of benzene rings is 3. The third-order valence-corrected chi connectivity index (χ3v) is 5.73. The molecule has 0 aliphatic heterocycles. The van der Waals surface area contributed by atoms with E-state index in [-0.39, 0.29) is 12.5 Å². The standard InChI is InChI=1S/C26H25NO4/c1-2-10-24(25(28)29)27(18-11-4-3-5-12-18)26(30)31-17-23-21-15-8-6-13-19(21)20-14-7-9-16-22(20)23/h3-9,11-16,23-24H,2,10,17H2,1H3,(H,28,29)/t24-/m0/s1. The molecular formula is C26H25NO4. The highest BCUT2D eigenvalue weighted by molar-refractivity contribution is 5.95. The minimum atomic E-state index is -1.04. The van der Waals surface area contributed by atoms with Gasteiger partial charge in [-0.2, -0.15) is 0 Å². The number of amides is 1. The lowest BCUT2D eigenvalue weighted by molar-refractivity contribution is -0.138. The van der Waals surface area contributed by atoms with E-state index in [9.17, 15) is 14.7 Å². The largest absolute Gasteiger partial charge is 0.480 e. The molecule has 3 aromatic carbocycles. The maximum Gasteiger partial charge on any atom is 0.415 e. The van der Waals surface area contributed by atoms with E-state index in [1.807, 2.05) is 37.3 Å². The second-order valence-corrected chi connectivity index (χ2v) is 7.65. The summed E-state index contributed by atoms with van der Waals surface area (Å²) < 4.78 is 5.76. The molecule has 1 aliphatic carbocycles. The van der Waals surface area contributed by atoms with Gasteiger partial charge in [0.2, 0.25) is 0 Å². The van der Waals surface area contributed by atoms with Crippen molar-refractivity contribution in [3.8, 4) is 11.1 Å². The van der Waals surface area contributed by atoms with Crippen LogP contribution in [-0.4, -0.2) is 29.8 Å². The fourth-order valence-corrected chi connectivity index (χ4v) is 4.30. The monoisotopic (exact) mass is 415 g/mol. The first-order chi connectivity index (χ1) is 15.1. The van der Waals surface area contributed by atoms with E-state index in [1.165, 1.54) is 4.90 Å². The second kappa shape index (κ2) is 9.04. The maximum atomic E-state index is 13.2. The van der Waals surface area contributed by atoms with E-state index < -0.39 is 18.1 Å². The smallest absolute Gasteiger partial charge is 0.415 e. The summed E-state index contributed by atoms with van der Waals surface area (Å²) in [6, 6.07) is 24.1. The predicted octanol–water partition coefficient (Wildman–Crippen LogP) is 5.70. The average molecular weight is 415 g/mol. The molecule has 1 atom stereocenters. The second-order valence-electron chi connectivity index (χ2n) is 7.65. The van der Waals surface area contributed by atoms with Crippen molar-refractivity contribution in [1.29, 1.82) is 0 Å². The van der Waals surface area contributed by atoms with Gasteiger partial charge in [-0.1, -0.05) is 80.1 Å². The first kappa shape index (κ1) is 20.7. The SMILES string of the molecule is CCC[C@@H](C(=O)O)N(C(=O)OCC1c2ccccc2-c2ccccc21)c1ccccc1. The topological polar surface area (TPSA) is 66.8 Å². The van der Waals surface area contributed by atoms with Crippen LogP contribution in [0.1, 0.15) is 36.8 Å². The van der Waals surface area contributed by atoms with Crippen LogP contribution < -0.4 is 4.90 Å².